The Hall–Kier alpha value is -1.91. The first-order chi connectivity index (χ1) is 8.69. The monoisotopic (exact) mass is 285 g/mol. The number of carboxylic acid groups (broad SMARTS) is 1. The minimum Gasteiger partial charge on any atom is -0.478 e. The van der Waals surface area contributed by atoms with Gasteiger partial charge in [-0.2, -0.15) is 4.72 Å². The van der Waals surface area contributed by atoms with Gasteiger partial charge in [0.15, 0.2) is 0 Å². The summed E-state index contributed by atoms with van der Waals surface area (Å²) < 4.78 is 39.5. The number of hydrogen-bond acceptors (Lipinski definition) is 3. The van der Waals surface area contributed by atoms with Gasteiger partial charge >= 0.3 is 5.97 Å². The number of terminal acetylenes is 1. The molecule has 2 N–H and O–H groups in total. The number of halogens is 1. The Morgan fingerprint density at radius 1 is 1.53 bits per heavy atom. The molecule has 7 heteroatoms. The number of benzene rings is 1. The summed E-state index contributed by atoms with van der Waals surface area (Å²) in [6, 6.07) is 1.05. The van der Waals surface area contributed by atoms with Gasteiger partial charge in [0.05, 0.1) is 16.5 Å². The molecule has 1 rings (SSSR count). The highest BCUT2D eigenvalue weighted by Crippen LogP contribution is 2.19. The lowest BCUT2D eigenvalue weighted by atomic mass is 10.1. The van der Waals surface area contributed by atoms with Crippen molar-refractivity contribution in [1.29, 1.82) is 0 Å². The van der Waals surface area contributed by atoms with Crippen LogP contribution in [0, 0.1) is 25.1 Å². The van der Waals surface area contributed by atoms with Gasteiger partial charge in [0, 0.05) is 0 Å². The molecule has 0 aliphatic heterocycles. The van der Waals surface area contributed by atoms with Crippen LogP contribution in [-0.4, -0.2) is 25.5 Å². The highest BCUT2D eigenvalue weighted by molar-refractivity contribution is 7.89. The molecule has 0 aliphatic rings. The predicted octanol–water partition coefficient (Wildman–Crippen LogP) is 1.13. The fraction of sp³-hybridized carbons (Fsp3) is 0.250. The molecule has 19 heavy (non-hydrogen) atoms. The van der Waals surface area contributed by atoms with Crippen LogP contribution in [0.1, 0.15) is 22.8 Å². The second kappa shape index (κ2) is 5.38. The van der Waals surface area contributed by atoms with E-state index in [2.05, 4.69) is 10.6 Å². The Kier molecular flexibility index (Phi) is 4.29. The van der Waals surface area contributed by atoms with Gasteiger partial charge < -0.3 is 5.11 Å². The molecule has 1 atom stereocenters. The van der Waals surface area contributed by atoms with Gasteiger partial charge in [-0.1, -0.05) is 5.92 Å². The second-order valence-electron chi connectivity index (χ2n) is 3.92. The van der Waals surface area contributed by atoms with Crippen LogP contribution < -0.4 is 4.72 Å². The van der Waals surface area contributed by atoms with E-state index in [0.29, 0.717) is 0 Å². The van der Waals surface area contributed by atoms with Crippen molar-refractivity contribution in [3.63, 3.8) is 0 Å². The molecule has 5 nitrogen and oxygen atoms in total. The van der Waals surface area contributed by atoms with E-state index < -0.39 is 33.4 Å². The molecule has 0 aliphatic carbocycles. The van der Waals surface area contributed by atoms with Crippen LogP contribution in [0.5, 0.6) is 0 Å². The summed E-state index contributed by atoms with van der Waals surface area (Å²) in [6.45, 7) is 2.73. The minimum atomic E-state index is -3.99. The molecule has 102 valence electrons. The Morgan fingerprint density at radius 2 is 2.11 bits per heavy atom. The predicted molar refractivity (Wildman–Crippen MR) is 66.7 cm³/mol. The fourth-order valence-electron chi connectivity index (χ4n) is 1.38. The first-order valence-corrected chi connectivity index (χ1v) is 6.69. The third-order valence-corrected chi connectivity index (χ3v) is 3.87. The molecule has 1 aromatic carbocycles. The molecule has 0 spiro atoms. The number of sulfonamides is 1. The molecule has 0 amide bonds. The molecule has 0 heterocycles. The van der Waals surface area contributed by atoms with Crippen LogP contribution in [-0.2, 0) is 10.0 Å². The zero-order valence-electron chi connectivity index (χ0n) is 10.3. The standard InChI is InChI=1S/C12H12FNO4S/c1-4-8(3)14-19(17,18)9-5-7(2)11(13)10(6-9)12(15)16/h1,5-6,8,14H,2-3H3,(H,15,16). The molecule has 1 unspecified atom stereocenters. The van der Waals surface area contributed by atoms with E-state index in [0.717, 1.165) is 12.1 Å². The number of carbonyl (C=O) groups is 1. The minimum absolute atomic E-state index is 0.0753. The maximum absolute atomic E-state index is 13.5. The van der Waals surface area contributed by atoms with Crippen LogP contribution in [0.25, 0.3) is 0 Å². The van der Waals surface area contributed by atoms with Crippen LogP contribution in [0.2, 0.25) is 0 Å². The number of carboxylic acids is 1. The Labute approximate surface area is 110 Å². The normalized spacial score (nSPS) is 12.7. The van der Waals surface area contributed by atoms with E-state index in [1.54, 1.807) is 0 Å². The van der Waals surface area contributed by atoms with Crippen LogP contribution in [0.4, 0.5) is 4.39 Å². The van der Waals surface area contributed by atoms with Crippen molar-refractivity contribution in [2.24, 2.45) is 0 Å². The summed E-state index contributed by atoms with van der Waals surface area (Å²) in [6.07, 6.45) is 5.06. The van der Waals surface area contributed by atoms with Crippen LogP contribution in [0.3, 0.4) is 0 Å². The molecule has 0 bridgehead atoms. The third-order valence-electron chi connectivity index (χ3n) is 2.35. The molecular formula is C12H12FNO4S. The molecule has 0 radical (unpaired) electrons. The van der Waals surface area contributed by atoms with Crippen LogP contribution in [0.15, 0.2) is 17.0 Å². The van der Waals surface area contributed by atoms with Crippen molar-refractivity contribution < 1.29 is 22.7 Å². The van der Waals surface area contributed by atoms with Gasteiger partial charge in [-0.15, -0.1) is 6.42 Å². The van der Waals surface area contributed by atoms with Crippen LogP contribution >= 0.6 is 0 Å². The van der Waals surface area contributed by atoms with Crippen molar-refractivity contribution in [3.05, 3.63) is 29.1 Å². The maximum atomic E-state index is 13.5. The zero-order valence-corrected chi connectivity index (χ0v) is 11.1. The van der Waals surface area contributed by atoms with Crippen molar-refractivity contribution in [2.75, 3.05) is 0 Å². The lowest BCUT2D eigenvalue weighted by Crippen LogP contribution is -2.31. The van der Waals surface area contributed by atoms with Crippen molar-refractivity contribution >= 4 is 16.0 Å². The molecule has 0 saturated carbocycles. The molecule has 0 fully saturated rings. The largest absolute Gasteiger partial charge is 0.478 e. The Bertz CT molecular complexity index is 661. The van der Waals surface area contributed by atoms with Gasteiger partial charge in [0.25, 0.3) is 0 Å². The molecular weight excluding hydrogens is 273 g/mol. The first kappa shape index (κ1) is 15.1. The van der Waals surface area contributed by atoms with Crippen molar-refractivity contribution in [2.45, 2.75) is 24.8 Å². The van der Waals surface area contributed by atoms with Crippen molar-refractivity contribution in [3.8, 4) is 12.3 Å². The smallest absolute Gasteiger partial charge is 0.338 e. The van der Waals surface area contributed by atoms with Gasteiger partial charge in [-0.05, 0) is 31.5 Å². The third kappa shape index (κ3) is 3.30. The number of aromatic carboxylic acids is 1. The summed E-state index contributed by atoms with van der Waals surface area (Å²) in [5.41, 5.74) is -0.776. The summed E-state index contributed by atoms with van der Waals surface area (Å²) >= 11 is 0. The SMILES string of the molecule is C#CC(C)NS(=O)(=O)c1cc(C)c(F)c(C(=O)O)c1. The van der Waals surface area contributed by atoms with E-state index in [4.69, 9.17) is 11.5 Å². The van der Waals surface area contributed by atoms with E-state index in [9.17, 15) is 17.6 Å². The number of nitrogens with one attached hydrogen (secondary N) is 1. The average Bonchev–Trinajstić information content (AvgIpc) is 2.31. The lowest BCUT2D eigenvalue weighted by Gasteiger charge is -2.11. The highest BCUT2D eigenvalue weighted by Gasteiger charge is 2.22. The van der Waals surface area contributed by atoms with Gasteiger partial charge in [-0.25, -0.2) is 17.6 Å². The average molecular weight is 285 g/mol. The lowest BCUT2D eigenvalue weighted by molar-refractivity contribution is 0.0691. The first-order valence-electron chi connectivity index (χ1n) is 5.21. The van der Waals surface area contributed by atoms with E-state index >= 15 is 0 Å². The maximum Gasteiger partial charge on any atom is 0.338 e. The summed E-state index contributed by atoms with van der Waals surface area (Å²) in [5.74, 6) is -0.327. The topological polar surface area (TPSA) is 83.5 Å². The quantitative estimate of drug-likeness (QED) is 0.812. The van der Waals surface area contributed by atoms with Gasteiger partial charge in [-0.3, -0.25) is 0 Å². The Balaban J connectivity index is 3.37. The number of rotatable bonds is 4. The highest BCUT2D eigenvalue weighted by atomic mass is 32.2. The molecule has 1 aromatic rings. The zero-order chi connectivity index (χ0) is 14.8. The van der Waals surface area contributed by atoms with Gasteiger partial charge in [0.1, 0.15) is 5.82 Å². The summed E-state index contributed by atoms with van der Waals surface area (Å²) in [5, 5.41) is 8.82. The van der Waals surface area contributed by atoms with Crippen molar-refractivity contribution in [1.82, 2.24) is 4.72 Å². The van der Waals surface area contributed by atoms with Gasteiger partial charge in [0.2, 0.25) is 10.0 Å². The van der Waals surface area contributed by atoms with E-state index in [1.165, 1.54) is 13.8 Å². The Morgan fingerprint density at radius 3 is 2.58 bits per heavy atom. The van der Waals surface area contributed by atoms with E-state index in [1.807, 2.05) is 0 Å². The summed E-state index contributed by atoms with van der Waals surface area (Å²) in [7, 11) is -3.99. The number of aryl methyl sites for hydroxylation is 1. The fourth-order valence-corrected chi connectivity index (χ4v) is 2.66. The molecule has 0 aromatic heterocycles. The van der Waals surface area contributed by atoms with E-state index in [-0.39, 0.29) is 10.5 Å². The number of hydrogen-bond donors (Lipinski definition) is 2. The second-order valence-corrected chi connectivity index (χ2v) is 5.63. The summed E-state index contributed by atoms with van der Waals surface area (Å²) in [4.78, 5) is 10.5. The molecule has 0 saturated heterocycles.